The van der Waals surface area contributed by atoms with Crippen LogP contribution in [-0.2, 0) is 14.8 Å². The third-order valence-corrected chi connectivity index (χ3v) is 7.12. The van der Waals surface area contributed by atoms with E-state index in [1.165, 1.54) is 0 Å². The van der Waals surface area contributed by atoms with Crippen molar-refractivity contribution in [3.8, 4) is 0 Å². The molecule has 2 fully saturated rings. The quantitative estimate of drug-likeness (QED) is 0.814. The van der Waals surface area contributed by atoms with Crippen LogP contribution in [-0.4, -0.2) is 63.1 Å². The second-order valence-electron chi connectivity index (χ2n) is 6.63. The van der Waals surface area contributed by atoms with Crippen LogP contribution in [0.2, 0.25) is 5.02 Å². The molecular formula is C17H25ClN2O3S. The Labute approximate surface area is 149 Å². The highest BCUT2D eigenvalue weighted by Crippen LogP contribution is 2.26. The Hall–Kier alpha value is -0.660. The number of aryl methyl sites for hydroxylation is 1. The van der Waals surface area contributed by atoms with Gasteiger partial charge in [0.15, 0.2) is 0 Å². The summed E-state index contributed by atoms with van der Waals surface area (Å²) < 4.78 is 33.1. The zero-order valence-corrected chi connectivity index (χ0v) is 15.7. The molecule has 1 aromatic carbocycles. The maximum atomic E-state index is 12.9. The topological polar surface area (TPSA) is 49.9 Å². The van der Waals surface area contributed by atoms with Crippen molar-refractivity contribution in [2.75, 3.05) is 39.3 Å². The van der Waals surface area contributed by atoms with Crippen molar-refractivity contribution in [3.05, 3.63) is 28.8 Å². The van der Waals surface area contributed by atoms with E-state index in [0.717, 1.165) is 51.1 Å². The van der Waals surface area contributed by atoms with Crippen LogP contribution in [0.5, 0.6) is 0 Å². The maximum absolute atomic E-state index is 12.9. The smallest absolute Gasteiger partial charge is 0.244 e. The molecule has 134 valence electrons. The van der Waals surface area contributed by atoms with Gasteiger partial charge in [0.2, 0.25) is 10.0 Å². The van der Waals surface area contributed by atoms with Gasteiger partial charge in [-0.2, -0.15) is 4.31 Å². The van der Waals surface area contributed by atoms with Gasteiger partial charge in [0.05, 0.1) is 11.1 Å². The lowest BCUT2D eigenvalue weighted by molar-refractivity contribution is 0.0749. The molecule has 0 amide bonds. The zero-order chi connectivity index (χ0) is 17.2. The number of hydrogen-bond donors (Lipinski definition) is 0. The lowest BCUT2D eigenvalue weighted by Gasteiger charge is -2.24. The summed E-state index contributed by atoms with van der Waals surface area (Å²) in [5.74, 6) is 0. The first-order valence-electron chi connectivity index (χ1n) is 8.57. The number of ether oxygens (including phenoxy) is 1. The molecule has 2 aliphatic rings. The Kier molecular flexibility index (Phi) is 5.82. The fourth-order valence-electron chi connectivity index (χ4n) is 3.40. The molecule has 1 aromatic rings. The van der Waals surface area contributed by atoms with Crippen LogP contribution in [0.1, 0.15) is 24.8 Å². The molecule has 1 atom stereocenters. The molecule has 24 heavy (non-hydrogen) atoms. The van der Waals surface area contributed by atoms with E-state index in [2.05, 4.69) is 4.90 Å². The first-order chi connectivity index (χ1) is 11.5. The maximum Gasteiger partial charge on any atom is 0.244 e. The van der Waals surface area contributed by atoms with E-state index in [1.54, 1.807) is 22.5 Å². The summed E-state index contributed by atoms with van der Waals surface area (Å²) in [5.41, 5.74) is 0.956. The van der Waals surface area contributed by atoms with E-state index in [9.17, 15) is 8.42 Å². The van der Waals surface area contributed by atoms with Crippen molar-refractivity contribution < 1.29 is 13.2 Å². The molecule has 2 heterocycles. The lowest BCUT2D eigenvalue weighted by Crippen LogP contribution is -2.37. The van der Waals surface area contributed by atoms with Crippen molar-refractivity contribution in [2.24, 2.45) is 0 Å². The van der Waals surface area contributed by atoms with Gasteiger partial charge in [-0.3, -0.25) is 4.90 Å². The van der Waals surface area contributed by atoms with Gasteiger partial charge in [-0.1, -0.05) is 17.7 Å². The molecule has 5 nitrogen and oxygen atoms in total. The van der Waals surface area contributed by atoms with Crippen LogP contribution < -0.4 is 0 Å². The SMILES string of the molecule is Cc1ccc(S(=O)(=O)N2CCCN(C[C@H]3CCCO3)CC2)c(Cl)c1. The molecule has 7 heteroatoms. The van der Waals surface area contributed by atoms with E-state index in [-0.39, 0.29) is 4.90 Å². The molecule has 0 N–H and O–H groups in total. The molecule has 0 radical (unpaired) electrons. The van der Waals surface area contributed by atoms with Gasteiger partial charge < -0.3 is 4.74 Å². The minimum absolute atomic E-state index is 0.211. The second-order valence-corrected chi connectivity index (χ2v) is 8.94. The molecule has 2 saturated heterocycles. The van der Waals surface area contributed by atoms with Crippen molar-refractivity contribution in [1.82, 2.24) is 9.21 Å². The Morgan fingerprint density at radius 2 is 2.04 bits per heavy atom. The third-order valence-electron chi connectivity index (χ3n) is 4.74. The summed E-state index contributed by atoms with van der Waals surface area (Å²) in [6.07, 6.45) is 3.37. The zero-order valence-electron chi connectivity index (χ0n) is 14.1. The molecule has 0 saturated carbocycles. The molecule has 3 rings (SSSR count). The fraction of sp³-hybridized carbons (Fsp3) is 0.647. The minimum Gasteiger partial charge on any atom is -0.377 e. The summed E-state index contributed by atoms with van der Waals surface area (Å²) in [7, 11) is -3.54. The van der Waals surface area contributed by atoms with E-state index >= 15 is 0 Å². The number of nitrogens with zero attached hydrogens (tertiary/aromatic N) is 2. The van der Waals surface area contributed by atoms with Crippen LogP contribution in [0.25, 0.3) is 0 Å². The minimum atomic E-state index is -3.54. The van der Waals surface area contributed by atoms with Gasteiger partial charge in [0.25, 0.3) is 0 Å². The number of sulfonamides is 1. The fourth-order valence-corrected chi connectivity index (χ4v) is 5.44. The Balaban J connectivity index is 1.68. The Morgan fingerprint density at radius 1 is 1.21 bits per heavy atom. The predicted molar refractivity (Wildman–Crippen MR) is 95.0 cm³/mol. The Morgan fingerprint density at radius 3 is 2.75 bits per heavy atom. The van der Waals surface area contributed by atoms with Gasteiger partial charge >= 0.3 is 0 Å². The average Bonchev–Trinajstić information content (AvgIpc) is 2.90. The highest BCUT2D eigenvalue weighted by atomic mass is 35.5. The number of benzene rings is 1. The summed E-state index contributed by atoms with van der Waals surface area (Å²) in [4.78, 5) is 2.53. The summed E-state index contributed by atoms with van der Waals surface area (Å²) in [5, 5.41) is 0.301. The second kappa shape index (κ2) is 7.70. The molecule has 0 aliphatic carbocycles. The van der Waals surface area contributed by atoms with Gasteiger partial charge in [0, 0.05) is 32.8 Å². The monoisotopic (exact) mass is 372 g/mol. The summed E-state index contributed by atoms with van der Waals surface area (Å²) >= 11 is 6.18. The molecule has 0 spiro atoms. The van der Waals surface area contributed by atoms with Crippen LogP contribution in [0.3, 0.4) is 0 Å². The van der Waals surface area contributed by atoms with Crippen LogP contribution >= 0.6 is 11.6 Å². The van der Waals surface area contributed by atoms with E-state index in [4.69, 9.17) is 16.3 Å². The molecule has 0 unspecified atom stereocenters. The average molecular weight is 373 g/mol. The van der Waals surface area contributed by atoms with Crippen LogP contribution in [0.15, 0.2) is 23.1 Å². The third kappa shape index (κ3) is 4.11. The van der Waals surface area contributed by atoms with Gasteiger partial charge in [-0.05, 0) is 50.4 Å². The van der Waals surface area contributed by atoms with Crippen molar-refractivity contribution >= 4 is 21.6 Å². The van der Waals surface area contributed by atoms with Crippen molar-refractivity contribution in [3.63, 3.8) is 0 Å². The highest BCUT2D eigenvalue weighted by Gasteiger charge is 2.29. The first kappa shape index (κ1) is 18.1. The Bertz CT molecular complexity index is 674. The molecule has 0 aromatic heterocycles. The van der Waals surface area contributed by atoms with Crippen LogP contribution in [0.4, 0.5) is 0 Å². The van der Waals surface area contributed by atoms with E-state index in [0.29, 0.717) is 24.2 Å². The van der Waals surface area contributed by atoms with E-state index in [1.807, 2.05) is 6.92 Å². The van der Waals surface area contributed by atoms with E-state index < -0.39 is 10.0 Å². The van der Waals surface area contributed by atoms with Gasteiger partial charge in [-0.15, -0.1) is 0 Å². The summed E-state index contributed by atoms with van der Waals surface area (Å²) in [6, 6.07) is 5.11. The van der Waals surface area contributed by atoms with Gasteiger partial charge in [-0.25, -0.2) is 8.42 Å². The number of halogens is 1. The number of hydrogen-bond acceptors (Lipinski definition) is 4. The van der Waals surface area contributed by atoms with Crippen molar-refractivity contribution in [1.29, 1.82) is 0 Å². The molecule has 2 aliphatic heterocycles. The molecule has 0 bridgehead atoms. The standard InChI is InChI=1S/C17H25ClN2O3S/c1-14-5-6-17(16(18)12-14)24(21,22)20-8-3-7-19(9-10-20)13-15-4-2-11-23-15/h5-6,12,15H,2-4,7-11,13H2,1H3/t15-/m1/s1. The normalized spacial score (nSPS) is 24.2. The largest absolute Gasteiger partial charge is 0.377 e. The predicted octanol–water partition coefficient (Wildman–Crippen LogP) is 2.52. The number of rotatable bonds is 4. The lowest BCUT2D eigenvalue weighted by atomic mass is 10.2. The first-order valence-corrected chi connectivity index (χ1v) is 10.4. The highest BCUT2D eigenvalue weighted by molar-refractivity contribution is 7.89. The van der Waals surface area contributed by atoms with Crippen molar-refractivity contribution in [2.45, 2.75) is 37.2 Å². The van der Waals surface area contributed by atoms with Crippen LogP contribution in [0, 0.1) is 6.92 Å². The molecular weight excluding hydrogens is 348 g/mol. The summed E-state index contributed by atoms with van der Waals surface area (Å²) in [6.45, 7) is 6.34. The van der Waals surface area contributed by atoms with Gasteiger partial charge in [0.1, 0.15) is 4.90 Å².